The van der Waals surface area contributed by atoms with Gasteiger partial charge in [-0.2, -0.15) is 0 Å². The lowest BCUT2D eigenvalue weighted by Crippen LogP contribution is -2.03. The number of fused-ring (bicyclic) bond motifs is 1. The smallest absolute Gasteiger partial charge is 0.189 e. The molecule has 0 atom stereocenters. The van der Waals surface area contributed by atoms with Crippen LogP contribution in [0.15, 0.2) is 35.2 Å². The van der Waals surface area contributed by atoms with E-state index in [2.05, 4.69) is 0 Å². The maximum absolute atomic E-state index is 13.0. The highest BCUT2D eigenvalue weighted by Gasteiger charge is 2.20. The molecule has 7 heteroatoms. The van der Waals surface area contributed by atoms with Gasteiger partial charge < -0.3 is 23.7 Å². The van der Waals surface area contributed by atoms with Crippen molar-refractivity contribution >= 4 is 23.6 Å². The number of methoxy groups -OCH3 is 3. The van der Waals surface area contributed by atoms with Crippen molar-refractivity contribution in [2.45, 2.75) is 18.2 Å². The van der Waals surface area contributed by atoms with E-state index in [9.17, 15) is 4.79 Å². The Morgan fingerprint density at radius 1 is 1.07 bits per heavy atom. The van der Waals surface area contributed by atoms with E-state index in [1.54, 1.807) is 57.4 Å². The molecule has 0 fully saturated rings. The second-order valence-electron chi connectivity index (χ2n) is 6.19. The van der Waals surface area contributed by atoms with Crippen LogP contribution in [0.1, 0.15) is 29.3 Å². The summed E-state index contributed by atoms with van der Waals surface area (Å²) in [7, 11) is 4.68. The standard InChI is InChI=1S/C22H24O6S/c1-5-8-27-20-12-22-21(28-13-29-22)11-16(20)17(23)7-6-15-18(25-3)9-14(24-2)10-19(15)26-4/h6-7,9-12H,5,8,13H2,1-4H3/b7-6+. The lowest BCUT2D eigenvalue weighted by Gasteiger charge is -2.13. The van der Waals surface area contributed by atoms with E-state index in [-0.39, 0.29) is 5.78 Å². The minimum Gasteiger partial charge on any atom is -0.496 e. The fourth-order valence-corrected chi connectivity index (χ4v) is 3.66. The van der Waals surface area contributed by atoms with E-state index in [4.69, 9.17) is 23.7 Å². The van der Waals surface area contributed by atoms with Gasteiger partial charge in [0.15, 0.2) is 5.78 Å². The molecule has 0 unspecified atom stereocenters. The fraction of sp³-hybridized carbons (Fsp3) is 0.318. The van der Waals surface area contributed by atoms with Crippen molar-refractivity contribution in [3.05, 3.63) is 41.5 Å². The molecule has 0 saturated heterocycles. The summed E-state index contributed by atoms with van der Waals surface area (Å²) >= 11 is 1.58. The molecule has 6 nitrogen and oxygen atoms in total. The van der Waals surface area contributed by atoms with Crippen LogP contribution < -0.4 is 23.7 Å². The molecule has 1 aliphatic heterocycles. The first-order valence-electron chi connectivity index (χ1n) is 9.20. The maximum atomic E-state index is 13.0. The third-order valence-electron chi connectivity index (χ3n) is 4.36. The number of hydrogen-bond donors (Lipinski definition) is 0. The van der Waals surface area contributed by atoms with Crippen LogP contribution in [0.2, 0.25) is 0 Å². The summed E-state index contributed by atoms with van der Waals surface area (Å²) in [5.74, 6) is 3.30. The molecule has 2 aromatic rings. The summed E-state index contributed by atoms with van der Waals surface area (Å²) in [6, 6.07) is 7.10. The molecule has 0 spiro atoms. The van der Waals surface area contributed by atoms with Crippen LogP contribution >= 0.6 is 11.8 Å². The van der Waals surface area contributed by atoms with Crippen LogP contribution in [0.3, 0.4) is 0 Å². The predicted molar refractivity (Wildman–Crippen MR) is 113 cm³/mol. The summed E-state index contributed by atoms with van der Waals surface area (Å²) in [5.41, 5.74) is 1.11. The molecule has 0 amide bonds. The number of ether oxygens (including phenoxy) is 5. The van der Waals surface area contributed by atoms with Crippen LogP contribution in [-0.2, 0) is 0 Å². The summed E-state index contributed by atoms with van der Waals surface area (Å²) in [6.07, 6.45) is 4.01. The third-order valence-corrected chi connectivity index (χ3v) is 5.22. The van der Waals surface area contributed by atoms with Gasteiger partial charge in [0.1, 0.15) is 34.7 Å². The van der Waals surface area contributed by atoms with Crippen LogP contribution in [0, 0.1) is 0 Å². The number of carbonyl (C=O) groups excluding carboxylic acids is 1. The summed E-state index contributed by atoms with van der Waals surface area (Å²) in [6.45, 7) is 2.56. The van der Waals surface area contributed by atoms with E-state index in [0.717, 1.165) is 11.3 Å². The van der Waals surface area contributed by atoms with Gasteiger partial charge in [0, 0.05) is 12.1 Å². The van der Waals surface area contributed by atoms with Crippen LogP contribution in [0.4, 0.5) is 0 Å². The monoisotopic (exact) mass is 416 g/mol. The second-order valence-corrected chi connectivity index (χ2v) is 7.16. The number of rotatable bonds is 9. The number of hydrogen-bond acceptors (Lipinski definition) is 7. The van der Waals surface area contributed by atoms with E-state index in [0.29, 0.717) is 52.4 Å². The van der Waals surface area contributed by atoms with Crippen LogP contribution in [0.5, 0.6) is 28.7 Å². The Morgan fingerprint density at radius 3 is 2.41 bits per heavy atom. The lowest BCUT2D eigenvalue weighted by atomic mass is 10.1. The maximum Gasteiger partial charge on any atom is 0.189 e. The van der Waals surface area contributed by atoms with Gasteiger partial charge in [-0.05, 0) is 30.7 Å². The van der Waals surface area contributed by atoms with Gasteiger partial charge in [-0.1, -0.05) is 18.7 Å². The molecule has 0 saturated carbocycles. The predicted octanol–water partition coefficient (Wildman–Crippen LogP) is 4.84. The van der Waals surface area contributed by atoms with Gasteiger partial charge in [0.2, 0.25) is 0 Å². The first-order valence-corrected chi connectivity index (χ1v) is 10.2. The van der Waals surface area contributed by atoms with E-state index < -0.39 is 0 Å². The summed E-state index contributed by atoms with van der Waals surface area (Å²) in [4.78, 5) is 14.0. The first kappa shape index (κ1) is 20.9. The molecule has 2 aromatic carbocycles. The fourth-order valence-electron chi connectivity index (χ4n) is 2.89. The molecule has 1 aliphatic rings. The molecule has 0 bridgehead atoms. The highest BCUT2D eigenvalue weighted by Crippen LogP contribution is 2.41. The van der Waals surface area contributed by atoms with Gasteiger partial charge >= 0.3 is 0 Å². The number of ketones is 1. The van der Waals surface area contributed by atoms with Gasteiger partial charge in [-0.3, -0.25) is 4.79 Å². The van der Waals surface area contributed by atoms with Gasteiger partial charge in [-0.25, -0.2) is 0 Å². The number of benzene rings is 2. The van der Waals surface area contributed by atoms with Crippen molar-refractivity contribution in [3.63, 3.8) is 0 Å². The van der Waals surface area contributed by atoms with Crippen LogP contribution in [0.25, 0.3) is 6.08 Å². The van der Waals surface area contributed by atoms with Crippen molar-refractivity contribution in [2.24, 2.45) is 0 Å². The van der Waals surface area contributed by atoms with E-state index in [1.807, 2.05) is 13.0 Å². The minimum atomic E-state index is -0.195. The Hall–Kier alpha value is -2.80. The molecule has 1 heterocycles. The summed E-state index contributed by atoms with van der Waals surface area (Å²) in [5, 5.41) is 0. The van der Waals surface area contributed by atoms with Crippen molar-refractivity contribution in [1.29, 1.82) is 0 Å². The highest BCUT2D eigenvalue weighted by atomic mass is 32.2. The van der Waals surface area contributed by atoms with Crippen molar-refractivity contribution in [3.8, 4) is 28.7 Å². The largest absolute Gasteiger partial charge is 0.496 e. The van der Waals surface area contributed by atoms with Crippen molar-refractivity contribution in [1.82, 2.24) is 0 Å². The summed E-state index contributed by atoms with van der Waals surface area (Å²) < 4.78 is 27.5. The molecule has 29 heavy (non-hydrogen) atoms. The Morgan fingerprint density at radius 2 is 1.79 bits per heavy atom. The van der Waals surface area contributed by atoms with Gasteiger partial charge in [0.05, 0.1) is 44.0 Å². The van der Waals surface area contributed by atoms with E-state index >= 15 is 0 Å². The van der Waals surface area contributed by atoms with Crippen molar-refractivity contribution < 1.29 is 28.5 Å². The Bertz CT molecular complexity index is 897. The Labute approximate surface area is 174 Å². The number of thioether (sulfide) groups is 1. The molecule has 0 N–H and O–H groups in total. The molecule has 0 radical (unpaired) electrons. The lowest BCUT2D eigenvalue weighted by molar-refractivity contribution is 0.104. The molecular weight excluding hydrogens is 392 g/mol. The first-order chi connectivity index (χ1) is 14.1. The van der Waals surface area contributed by atoms with E-state index in [1.165, 1.54) is 6.08 Å². The van der Waals surface area contributed by atoms with Gasteiger partial charge in [-0.15, -0.1) is 0 Å². The number of allylic oxidation sites excluding steroid dienone is 1. The highest BCUT2D eigenvalue weighted by molar-refractivity contribution is 7.99. The molecule has 0 aliphatic carbocycles. The minimum absolute atomic E-state index is 0.195. The van der Waals surface area contributed by atoms with Crippen molar-refractivity contribution in [2.75, 3.05) is 33.9 Å². The number of carbonyl (C=O) groups is 1. The molecule has 154 valence electrons. The quantitative estimate of drug-likeness (QED) is 0.428. The average Bonchev–Trinajstić information content (AvgIpc) is 3.21. The zero-order valence-corrected chi connectivity index (χ0v) is 17.8. The average molecular weight is 416 g/mol. The molecule has 0 aromatic heterocycles. The molecular formula is C22H24O6S. The zero-order chi connectivity index (χ0) is 20.8. The SMILES string of the molecule is CCCOc1cc2c(cc1C(=O)/C=C/c1c(OC)cc(OC)cc1OC)OCS2. The zero-order valence-electron chi connectivity index (χ0n) is 16.9. The topological polar surface area (TPSA) is 63.2 Å². The van der Waals surface area contributed by atoms with Crippen LogP contribution in [-0.4, -0.2) is 39.7 Å². The Balaban J connectivity index is 1.95. The third kappa shape index (κ3) is 4.62. The second kappa shape index (κ2) is 9.60. The van der Waals surface area contributed by atoms with Gasteiger partial charge in [0.25, 0.3) is 0 Å². The molecule has 3 rings (SSSR count). The Kier molecular flexibility index (Phi) is 6.93. The normalized spacial score (nSPS) is 12.4.